The Hall–Kier alpha value is -1.84. The molecular formula is C16H22N2O2. The molecule has 2 N–H and O–H groups in total. The number of nitrogen functional groups attached to an aromatic ring is 1. The van der Waals surface area contributed by atoms with E-state index in [0.717, 1.165) is 5.56 Å². The van der Waals surface area contributed by atoms with Crippen molar-refractivity contribution >= 4 is 17.5 Å². The molecule has 2 rings (SSSR count). The van der Waals surface area contributed by atoms with Crippen molar-refractivity contribution in [2.24, 2.45) is 11.3 Å². The molecule has 0 bridgehead atoms. The van der Waals surface area contributed by atoms with Gasteiger partial charge in [-0.1, -0.05) is 32.0 Å². The van der Waals surface area contributed by atoms with Crippen LogP contribution in [0.15, 0.2) is 24.3 Å². The number of benzene rings is 1. The van der Waals surface area contributed by atoms with E-state index in [0.29, 0.717) is 5.69 Å². The molecule has 1 aliphatic rings. The minimum atomic E-state index is -0.602. The summed E-state index contributed by atoms with van der Waals surface area (Å²) < 4.78 is 0. The van der Waals surface area contributed by atoms with Crippen molar-refractivity contribution in [1.29, 1.82) is 0 Å². The number of hydrogen-bond acceptors (Lipinski definition) is 3. The van der Waals surface area contributed by atoms with Gasteiger partial charge in [-0.2, -0.15) is 0 Å². The summed E-state index contributed by atoms with van der Waals surface area (Å²) in [5.41, 5.74) is 6.79. The van der Waals surface area contributed by atoms with E-state index in [9.17, 15) is 9.59 Å². The average Bonchev–Trinajstić information content (AvgIpc) is 2.61. The second-order valence-corrected chi connectivity index (χ2v) is 6.12. The number of amides is 2. The first-order valence-corrected chi connectivity index (χ1v) is 7.00. The Kier molecular flexibility index (Phi) is 3.59. The van der Waals surface area contributed by atoms with E-state index in [-0.39, 0.29) is 30.2 Å². The molecule has 4 nitrogen and oxygen atoms in total. The highest BCUT2D eigenvalue weighted by atomic mass is 16.2. The largest absolute Gasteiger partial charge is 0.398 e. The van der Waals surface area contributed by atoms with Crippen LogP contribution in [0.25, 0.3) is 0 Å². The number of carbonyl (C=O) groups excluding carboxylic acids is 2. The van der Waals surface area contributed by atoms with Crippen LogP contribution >= 0.6 is 0 Å². The van der Waals surface area contributed by atoms with Gasteiger partial charge < -0.3 is 5.73 Å². The first kappa shape index (κ1) is 14.6. The standard InChI is InChI=1S/C16H22N2O2/c1-10(2)16(4)9-14(19)18(15(16)20)11(3)12-7-5-6-8-13(12)17/h5-8,10-11H,9,17H2,1-4H3. The molecule has 1 aliphatic heterocycles. The summed E-state index contributed by atoms with van der Waals surface area (Å²) in [6.45, 7) is 7.69. The normalized spacial score (nSPS) is 24.6. The summed E-state index contributed by atoms with van der Waals surface area (Å²) in [7, 11) is 0. The maximum absolute atomic E-state index is 12.7. The second-order valence-electron chi connectivity index (χ2n) is 6.12. The molecule has 20 heavy (non-hydrogen) atoms. The van der Waals surface area contributed by atoms with Crippen molar-refractivity contribution in [2.45, 2.75) is 40.2 Å². The number of imide groups is 1. The Labute approximate surface area is 119 Å². The molecule has 2 amide bonds. The molecule has 4 heteroatoms. The van der Waals surface area contributed by atoms with E-state index < -0.39 is 5.41 Å². The number of nitrogens with zero attached hydrogens (tertiary/aromatic N) is 1. The number of carbonyl (C=O) groups is 2. The molecule has 0 aromatic heterocycles. The third kappa shape index (κ3) is 2.09. The minimum absolute atomic E-state index is 0.0896. The van der Waals surface area contributed by atoms with E-state index >= 15 is 0 Å². The van der Waals surface area contributed by atoms with E-state index in [1.807, 2.05) is 45.9 Å². The van der Waals surface area contributed by atoms with Crippen molar-refractivity contribution < 1.29 is 9.59 Å². The van der Waals surface area contributed by atoms with Crippen LogP contribution in [-0.4, -0.2) is 16.7 Å². The Balaban J connectivity index is 2.37. The summed E-state index contributed by atoms with van der Waals surface area (Å²) in [6, 6.07) is 7.05. The highest BCUT2D eigenvalue weighted by Crippen LogP contribution is 2.43. The van der Waals surface area contributed by atoms with Gasteiger partial charge in [0, 0.05) is 12.1 Å². The molecule has 1 aromatic carbocycles. The van der Waals surface area contributed by atoms with Crippen molar-refractivity contribution in [3.05, 3.63) is 29.8 Å². The Morgan fingerprint density at radius 1 is 1.20 bits per heavy atom. The van der Waals surface area contributed by atoms with E-state index in [2.05, 4.69) is 0 Å². The van der Waals surface area contributed by atoms with E-state index in [1.165, 1.54) is 4.90 Å². The molecule has 1 aromatic rings. The van der Waals surface area contributed by atoms with Crippen LogP contribution in [0.3, 0.4) is 0 Å². The van der Waals surface area contributed by atoms with Gasteiger partial charge in [0.1, 0.15) is 0 Å². The van der Waals surface area contributed by atoms with Gasteiger partial charge in [-0.05, 0) is 31.4 Å². The highest BCUT2D eigenvalue weighted by molar-refractivity contribution is 6.06. The molecule has 0 radical (unpaired) electrons. The highest BCUT2D eigenvalue weighted by Gasteiger charge is 2.51. The number of rotatable bonds is 3. The van der Waals surface area contributed by atoms with Gasteiger partial charge in [-0.25, -0.2) is 0 Å². The molecule has 108 valence electrons. The summed E-state index contributed by atoms with van der Waals surface area (Å²) >= 11 is 0. The van der Waals surface area contributed by atoms with Crippen LogP contribution < -0.4 is 5.73 Å². The molecule has 2 atom stereocenters. The molecule has 1 fully saturated rings. The third-order valence-corrected chi connectivity index (χ3v) is 4.60. The maximum atomic E-state index is 12.7. The number of hydrogen-bond donors (Lipinski definition) is 1. The lowest BCUT2D eigenvalue weighted by atomic mass is 9.78. The summed E-state index contributed by atoms with van der Waals surface area (Å²) in [6.07, 6.45) is 0.278. The minimum Gasteiger partial charge on any atom is -0.398 e. The first-order valence-electron chi connectivity index (χ1n) is 7.00. The fraction of sp³-hybridized carbons (Fsp3) is 0.500. The number of anilines is 1. The quantitative estimate of drug-likeness (QED) is 0.681. The van der Waals surface area contributed by atoms with E-state index in [1.54, 1.807) is 6.07 Å². The topological polar surface area (TPSA) is 63.4 Å². The smallest absolute Gasteiger partial charge is 0.236 e. The van der Waals surface area contributed by atoms with Gasteiger partial charge in [0.15, 0.2) is 0 Å². The summed E-state index contributed by atoms with van der Waals surface area (Å²) in [4.78, 5) is 26.3. The number of para-hydroxylation sites is 1. The van der Waals surface area contributed by atoms with Gasteiger partial charge in [-0.15, -0.1) is 0 Å². The van der Waals surface area contributed by atoms with Crippen LogP contribution in [-0.2, 0) is 9.59 Å². The second kappa shape index (κ2) is 4.93. The van der Waals surface area contributed by atoms with Crippen LogP contribution in [0.1, 0.15) is 45.7 Å². The maximum Gasteiger partial charge on any atom is 0.236 e. The van der Waals surface area contributed by atoms with Gasteiger partial charge in [-0.3, -0.25) is 14.5 Å². The predicted molar refractivity (Wildman–Crippen MR) is 78.7 cm³/mol. The Morgan fingerprint density at radius 2 is 1.80 bits per heavy atom. The zero-order valence-corrected chi connectivity index (χ0v) is 12.5. The van der Waals surface area contributed by atoms with Crippen LogP contribution in [0.5, 0.6) is 0 Å². The third-order valence-electron chi connectivity index (χ3n) is 4.60. The Bertz CT molecular complexity index is 553. The van der Waals surface area contributed by atoms with Crippen molar-refractivity contribution in [3.63, 3.8) is 0 Å². The molecule has 0 aliphatic carbocycles. The zero-order chi connectivity index (χ0) is 15.1. The van der Waals surface area contributed by atoms with Crippen LogP contribution in [0.2, 0.25) is 0 Å². The van der Waals surface area contributed by atoms with E-state index in [4.69, 9.17) is 5.73 Å². The zero-order valence-electron chi connectivity index (χ0n) is 12.5. The average molecular weight is 274 g/mol. The predicted octanol–water partition coefficient (Wildman–Crippen LogP) is 2.75. The molecule has 1 heterocycles. The lowest BCUT2D eigenvalue weighted by Gasteiger charge is -2.29. The van der Waals surface area contributed by atoms with Crippen molar-refractivity contribution in [2.75, 3.05) is 5.73 Å². The monoisotopic (exact) mass is 274 g/mol. The van der Waals surface area contributed by atoms with Crippen molar-refractivity contribution in [1.82, 2.24) is 4.90 Å². The summed E-state index contributed by atoms with van der Waals surface area (Å²) in [5.74, 6) is -0.0699. The summed E-state index contributed by atoms with van der Waals surface area (Å²) in [5, 5.41) is 0. The fourth-order valence-electron chi connectivity index (χ4n) is 2.74. The SMILES string of the molecule is CC(c1ccccc1N)N1C(=O)CC(C)(C(C)C)C1=O. The molecule has 0 saturated carbocycles. The Morgan fingerprint density at radius 3 is 2.30 bits per heavy atom. The van der Waals surface area contributed by atoms with Gasteiger partial charge in [0.2, 0.25) is 11.8 Å². The van der Waals surface area contributed by atoms with Gasteiger partial charge >= 0.3 is 0 Å². The lowest BCUT2D eigenvalue weighted by Crippen LogP contribution is -2.38. The molecule has 0 spiro atoms. The van der Waals surface area contributed by atoms with Crippen LogP contribution in [0, 0.1) is 11.3 Å². The van der Waals surface area contributed by atoms with Crippen LogP contribution in [0.4, 0.5) is 5.69 Å². The molecule has 2 unspecified atom stereocenters. The van der Waals surface area contributed by atoms with Gasteiger partial charge in [0.05, 0.1) is 11.5 Å². The first-order chi connectivity index (χ1) is 9.29. The number of likely N-dealkylation sites (tertiary alicyclic amines) is 1. The molecule has 1 saturated heterocycles. The molecular weight excluding hydrogens is 252 g/mol. The number of nitrogens with two attached hydrogens (primary N) is 1. The fourth-order valence-corrected chi connectivity index (χ4v) is 2.74. The van der Waals surface area contributed by atoms with Crippen molar-refractivity contribution in [3.8, 4) is 0 Å². The lowest BCUT2D eigenvalue weighted by molar-refractivity contribution is -0.144. The van der Waals surface area contributed by atoms with Gasteiger partial charge in [0.25, 0.3) is 0 Å².